The van der Waals surface area contributed by atoms with Gasteiger partial charge in [0.1, 0.15) is 17.9 Å². The van der Waals surface area contributed by atoms with Gasteiger partial charge in [0.15, 0.2) is 0 Å². The van der Waals surface area contributed by atoms with Crippen molar-refractivity contribution >= 4 is 17.8 Å². The molecule has 3 rings (SSSR count). The normalized spacial score (nSPS) is 21.0. The Morgan fingerprint density at radius 3 is 2.48 bits per heavy atom. The van der Waals surface area contributed by atoms with Gasteiger partial charge in [-0.25, -0.2) is 4.79 Å². The highest BCUT2D eigenvalue weighted by atomic mass is 16.5. The molecule has 2 aliphatic rings. The summed E-state index contributed by atoms with van der Waals surface area (Å²) in [6, 6.07) is 6.88. The summed E-state index contributed by atoms with van der Waals surface area (Å²) in [4.78, 5) is 36.6. The van der Waals surface area contributed by atoms with Crippen molar-refractivity contribution in [3.05, 3.63) is 29.8 Å². The Kier molecular flexibility index (Phi) is 5.21. The Labute approximate surface area is 146 Å². The monoisotopic (exact) mass is 345 g/mol. The van der Waals surface area contributed by atoms with Gasteiger partial charge in [0.25, 0.3) is 5.91 Å². The van der Waals surface area contributed by atoms with E-state index in [4.69, 9.17) is 4.74 Å². The summed E-state index contributed by atoms with van der Waals surface area (Å²) >= 11 is 0. The van der Waals surface area contributed by atoms with Crippen molar-refractivity contribution in [2.45, 2.75) is 44.8 Å². The number of nitrogens with zero attached hydrogens (tertiary/aromatic N) is 1. The number of piperidine rings is 1. The lowest BCUT2D eigenvalue weighted by atomic mass is 10.1. The molecule has 0 bridgehead atoms. The minimum atomic E-state index is -0.598. The van der Waals surface area contributed by atoms with Gasteiger partial charge in [-0.2, -0.15) is 0 Å². The molecule has 0 radical (unpaired) electrons. The Morgan fingerprint density at radius 1 is 1.20 bits per heavy atom. The molecule has 4 amide bonds. The van der Waals surface area contributed by atoms with Gasteiger partial charge in [0.05, 0.1) is 0 Å². The van der Waals surface area contributed by atoms with Crippen LogP contribution in [-0.4, -0.2) is 48.0 Å². The maximum absolute atomic E-state index is 12.3. The van der Waals surface area contributed by atoms with Gasteiger partial charge >= 0.3 is 6.03 Å². The fourth-order valence-corrected chi connectivity index (χ4v) is 3.12. The van der Waals surface area contributed by atoms with Gasteiger partial charge in [-0.1, -0.05) is 17.7 Å². The van der Waals surface area contributed by atoms with Gasteiger partial charge in [-0.3, -0.25) is 14.9 Å². The van der Waals surface area contributed by atoms with Gasteiger partial charge in [-0.05, 0) is 25.5 Å². The quantitative estimate of drug-likeness (QED) is 0.789. The van der Waals surface area contributed by atoms with E-state index in [2.05, 4.69) is 10.6 Å². The molecule has 1 aromatic rings. The Morgan fingerprint density at radius 2 is 1.88 bits per heavy atom. The van der Waals surface area contributed by atoms with Crippen molar-refractivity contribution in [1.29, 1.82) is 0 Å². The predicted octanol–water partition coefficient (Wildman–Crippen LogP) is 1.35. The first kappa shape index (κ1) is 17.3. The number of nitrogens with one attached hydrogen (secondary N) is 2. The number of hydrogen-bond acceptors (Lipinski definition) is 4. The van der Waals surface area contributed by atoms with E-state index >= 15 is 0 Å². The number of urea groups is 1. The lowest BCUT2D eigenvalue weighted by Gasteiger charge is -2.32. The van der Waals surface area contributed by atoms with Crippen LogP contribution < -0.4 is 15.4 Å². The number of carbonyl (C=O) groups excluding carboxylic acids is 3. The lowest BCUT2D eigenvalue weighted by Crippen LogP contribution is -2.42. The Bertz CT molecular complexity index is 651. The summed E-state index contributed by atoms with van der Waals surface area (Å²) in [6.07, 6.45) is 2.28. The van der Waals surface area contributed by atoms with Gasteiger partial charge < -0.3 is 15.0 Å². The average Bonchev–Trinajstić information content (AvgIpc) is 2.93. The first-order valence-electron chi connectivity index (χ1n) is 8.64. The van der Waals surface area contributed by atoms with Crippen molar-refractivity contribution in [1.82, 2.24) is 15.5 Å². The van der Waals surface area contributed by atoms with Crippen molar-refractivity contribution in [2.24, 2.45) is 0 Å². The zero-order chi connectivity index (χ0) is 17.8. The highest BCUT2D eigenvalue weighted by Gasteiger charge is 2.31. The van der Waals surface area contributed by atoms with Crippen molar-refractivity contribution in [3.63, 3.8) is 0 Å². The number of carbonyl (C=O) groups is 3. The zero-order valence-electron chi connectivity index (χ0n) is 14.3. The minimum Gasteiger partial charge on any atom is -0.490 e. The molecule has 0 aliphatic carbocycles. The number of likely N-dealkylation sites (tertiary alicyclic amines) is 1. The molecule has 2 saturated heterocycles. The SMILES string of the molecule is Cc1ccc(OC2CCN(C(=O)CC[C@H]3NC(=O)NC3=O)CC2)cc1. The smallest absolute Gasteiger partial charge is 0.322 e. The van der Waals surface area contributed by atoms with E-state index in [0.29, 0.717) is 19.5 Å². The van der Waals surface area contributed by atoms with Crippen LogP contribution in [0.2, 0.25) is 0 Å². The van der Waals surface area contributed by atoms with Crippen LogP contribution >= 0.6 is 0 Å². The lowest BCUT2D eigenvalue weighted by molar-refractivity contribution is -0.133. The molecule has 134 valence electrons. The molecule has 2 fully saturated rings. The standard InChI is InChI=1S/C18H23N3O4/c1-12-2-4-13(5-3-12)25-14-8-10-21(11-9-14)16(22)7-6-15-17(23)20-18(24)19-15/h2-5,14-15H,6-11H2,1H3,(H2,19,20,23,24)/t15-/m1/s1. The highest BCUT2D eigenvalue weighted by Crippen LogP contribution is 2.20. The van der Waals surface area contributed by atoms with Crippen LogP contribution in [0.25, 0.3) is 0 Å². The minimum absolute atomic E-state index is 0.0164. The van der Waals surface area contributed by atoms with E-state index in [1.807, 2.05) is 36.1 Å². The number of benzene rings is 1. The number of hydrogen-bond donors (Lipinski definition) is 2. The maximum Gasteiger partial charge on any atom is 0.322 e. The summed E-state index contributed by atoms with van der Waals surface area (Å²) < 4.78 is 5.97. The van der Waals surface area contributed by atoms with E-state index in [0.717, 1.165) is 18.6 Å². The molecule has 25 heavy (non-hydrogen) atoms. The molecule has 1 atom stereocenters. The second-order valence-corrected chi connectivity index (χ2v) is 6.57. The van der Waals surface area contributed by atoms with Crippen LogP contribution in [0.3, 0.4) is 0 Å². The third-order valence-corrected chi connectivity index (χ3v) is 4.62. The highest BCUT2D eigenvalue weighted by molar-refractivity contribution is 6.04. The molecule has 2 N–H and O–H groups in total. The first-order valence-corrected chi connectivity index (χ1v) is 8.64. The van der Waals surface area contributed by atoms with Gasteiger partial charge in [0.2, 0.25) is 5.91 Å². The third kappa shape index (κ3) is 4.49. The number of aryl methyl sites for hydroxylation is 1. The fourth-order valence-electron chi connectivity index (χ4n) is 3.12. The van der Waals surface area contributed by atoms with Crippen LogP contribution in [0.5, 0.6) is 5.75 Å². The van der Waals surface area contributed by atoms with E-state index in [1.54, 1.807) is 0 Å². The molecule has 0 aromatic heterocycles. The van der Waals surface area contributed by atoms with E-state index in [-0.39, 0.29) is 24.3 Å². The van der Waals surface area contributed by atoms with Crippen LogP contribution in [-0.2, 0) is 9.59 Å². The van der Waals surface area contributed by atoms with Crippen LogP contribution in [0.4, 0.5) is 4.79 Å². The molecule has 2 aliphatic heterocycles. The summed E-state index contributed by atoms with van der Waals surface area (Å²) in [6.45, 7) is 3.34. The van der Waals surface area contributed by atoms with Crippen molar-refractivity contribution < 1.29 is 19.1 Å². The average molecular weight is 345 g/mol. The molecule has 1 aromatic carbocycles. The first-order chi connectivity index (χ1) is 12.0. The van der Waals surface area contributed by atoms with Gasteiger partial charge in [-0.15, -0.1) is 0 Å². The largest absolute Gasteiger partial charge is 0.490 e. The van der Waals surface area contributed by atoms with Crippen molar-refractivity contribution in [2.75, 3.05) is 13.1 Å². The molecular formula is C18H23N3O4. The summed E-state index contributed by atoms with van der Waals surface area (Å²) in [7, 11) is 0. The number of ether oxygens (including phenoxy) is 1. The van der Waals surface area contributed by atoms with E-state index in [1.165, 1.54) is 5.56 Å². The summed E-state index contributed by atoms with van der Waals surface area (Å²) in [5.74, 6) is 0.518. The summed E-state index contributed by atoms with van der Waals surface area (Å²) in [5, 5.41) is 4.68. The zero-order valence-corrected chi connectivity index (χ0v) is 14.3. The fraction of sp³-hybridized carbons (Fsp3) is 0.500. The molecular weight excluding hydrogens is 322 g/mol. The topological polar surface area (TPSA) is 87.7 Å². The number of imide groups is 1. The molecule has 0 unspecified atom stereocenters. The van der Waals surface area contributed by atoms with Crippen molar-refractivity contribution in [3.8, 4) is 5.75 Å². The number of amides is 4. The van der Waals surface area contributed by atoms with E-state index in [9.17, 15) is 14.4 Å². The maximum atomic E-state index is 12.3. The Balaban J connectivity index is 1.41. The molecule has 7 heteroatoms. The molecule has 7 nitrogen and oxygen atoms in total. The second kappa shape index (κ2) is 7.55. The van der Waals surface area contributed by atoms with E-state index < -0.39 is 12.1 Å². The molecule has 0 spiro atoms. The van der Waals surface area contributed by atoms with Crippen LogP contribution in [0, 0.1) is 6.92 Å². The Hall–Kier alpha value is -2.57. The predicted molar refractivity (Wildman–Crippen MR) is 91.1 cm³/mol. The van der Waals surface area contributed by atoms with Gasteiger partial charge in [0, 0.05) is 32.4 Å². The molecule has 2 heterocycles. The van der Waals surface area contributed by atoms with Crippen LogP contribution in [0.1, 0.15) is 31.2 Å². The second-order valence-electron chi connectivity index (χ2n) is 6.57. The summed E-state index contributed by atoms with van der Waals surface area (Å²) in [5.41, 5.74) is 1.19. The van der Waals surface area contributed by atoms with Crippen LogP contribution in [0.15, 0.2) is 24.3 Å². The molecule has 0 saturated carbocycles. The third-order valence-electron chi connectivity index (χ3n) is 4.62. The number of rotatable bonds is 5.